The molecule has 0 saturated carbocycles. The van der Waals surface area contributed by atoms with Crippen molar-refractivity contribution in [3.63, 3.8) is 0 Å². The van der Waals surface area contributed by atoms with Crippen LogP contribution in [0.5, 0.6) is 11.5 Å². The molecule has 1 saturated heterocycles. The van der Waals surface area contributed by atoms with E-state index in [-0.39, 0.29) is 5.91 Å². The lowest BCUT2D eigenvalue weighted by atomic mass is 10.1. The van der Waals surface area contributed by atoms with Crippen molar-refractivity contribution in [2.24, 2.45) is 0 Å². The number of fused-ring (bicyclic) bond motifs is 1. The standard InChI is InChI=1S/C21H23BrN2O3S/c22-18-4-1-16(2-5-18)13-28-14-21(25)24-9-7-23(8-10-24)12-17-3-6-19-20(11-17)27-15-26-19/h1-6,11H,7-10,12-15H2/p+1. The molecule has 4 rings (SSSR count). The zero-order valence-corrected chi connectivity index (χ0v) is 18.1. The molecule has 5 nitrogen and oxygen atoms in total. The molecule has 2 aliphatic rings. The summed E-state index contributed by atoms with van der Waals surface area (Å²) >= 11 is 5.14. The van der Waals surface area contributed by atoms with E-state index in [4.69, 9.17) is 9.47 Å². The van der Waals surface area contributed by atoms with Gasteiger partial charge < -0.3 is 19.3 Å². The Morgan fingerprint density at radius 1 is 1.04 bits per heavy atom. The number of nitrogens with one attached hydrogen (secondary N) is 1. The topological polar surface area (TPSA) is 43.2 Å². The minimum Gasteiger partial charge on any atom is -0.454 e. The third-order valence-corrected chi connectivity index (χ3v) is 6.64. The first-order chi connectivity index (χ1) is 13.7. The molecule has 2 aromatic rings. The maximum absolute atomic E-state index is 12.5. The Morgan fingerprint density at radius 3 is 2.54 bits per heavy atom. The second-order valence-corrected chi connectivity index (χ2v) is 9.02. The average molecular weight is 464 g/mol. The largest absolute Gasteiger partial charge is 0.454 e. The van der Waals surface area contributed by atoms with Crippen LogP contribution >= 0.6 is 27.7 Å². The molecule has 1 fully saturated rings. The van der Waals surface area contributed by atoms with E-state index in [0.717, 1.165) is 54.4 Å². The van der Waals surface area contributed by atoms with Crippen LogP contribution in [0.2, 0.25) is 0 Å². The summed E-state index contributed by atoms with van der Waals surface area (Å²) in [5.74, 6) is 3.34. The maximum Gasteiger partial charge on any atom is 0.232 e. The van der Waals surface area contributed by atoms with Gasteiger partial charge in [0.05, 0.1) is 31.9 Å². The molecule has 1 N–H and O–H groups in total. The third kappa shape index (κ3) is 5.01. The third-order valence-electron chi connectivity index (χ3n) is 5.12. The lowest BCUT2D eigenvalue weighted by molar-refractivity contribution is -0.917. The molecule has 2 heterocycles. The van der Waals surface area contributed by atoms with Crippen LogP contribution in [0.3, 0.4) is 0 Å². The van der Waals surface area contributed by atoms with Crippen molar-refractivity contribution < 1.29 is 19.2 Å². The van der Waals surface area contributed by atoms with Gasteiger partial charge in [0.1, 0.15) is 6.54 Å². The number of carbonyl (C=O) groups excluding carboxylic acids is 1. The van der Waals surface area contributed by atoms with Gasteiger partial charge in [-0.2, -0.15) is 0 Å². The fourth-order valence-corrected chi connectivity index (χ4v) is 4.67. The molecule has 0 aromatic heterocycles. The Balaban J connectivity index is 1.19. The number of hydrogen-bond donors (Lipinski definition) is 1. The number of rotatable bonds is 6. The molecular formula is C21H24BrN2O3S+. The first kappa shape index (κ1) is 19.6. The zero-order valence-electron chi connectivity index (χ0n) is 15.7. The smallest absolute Gasteiger partial charge is 0.232 e. The quantitative estimate of drug-likeness (QED) is 0.713. The van der Waals surface area contributed by atoms with Crippen LogP contribution in [0.4, 0.5) is 0 Å². The summed E-state index contributed by atoms with van der Waals surface area (Å²) in [6.45, 7) is 4.90. The van der Waals surface area contributed by atoms with Gasteiger partial charge in [0.2, 0.25) is 12.7 Å². The first-order valence-corrected chi connectivity index (χ1v) is 11.4. The lowest BCUT2D eigenvalue weighted by Crippen LogP contribution is -3.13. The van der Waals surface area contributed by atoms with E-state index in [1.807, 2.05) is 23.1 Å². The molecule has 148 valence electrons. The van der Waals surface area contributed by atoms with Gasteiger partial charge in [-0.15, -0.1) is 11.8 Å². The number of amides is 1. The molecular weight excluding hydrogens is 440 g/mol. The van der Waals surface area contributed by atoms with Crippen LogP contribution in [0.15, 0.2) is 46.9 Å². The second kappa shape index (κ2) is 9.20. The van der Waals surface area contributed by atoms with E-state index in [9.17, 15) is 4.79 Å². The minimum atomic E-state index is 0.254. The van der Waals surface area contributed by atoms with E-state index >= 15 is 0 Å². The van der Waals surface area contributed by atoms with Crippen LogP contribution < -0.4 is 14.4 Å². The summed E-state index contributed by atoms with van der Waals surface area (Å²) in [5, 5.41) is 0. The van der Waals surface area contributed by atoms with Crippen molar-refractivity contribution in [2.45, 2.75) is 12.3 Å². The normalized spacial score (nSPS) is 16.4. The highest BCUT2D eigenvalue weighted by molar-refractivity contribution is 9.10. The van der Waals surface area contributed by atoms with Crippen molar-refractivity contribution in [3.05, 3.63) is 58.1 Å². The number of halogens is 1. The molecule has 0 unspecified atom stereocenters. The number of hydrogen-bond acceptors (Lipinski definition) is 4. The van der Waals surface area contributed by atoms with Gasteiger partial charge in [0.15, 0.2) is 11.5 Å². The molecule has 0 aliphatic carbocycles. The van der Waals surface area contributed by atoms with E-state index in [0.29, 0.717) is 12.5 Å². The predicted octanol–water partition coefficient (Wildman–Crippen LogP) is 2.34. The molecule has 2 aromatic carbocycles. The van der Waals surface area contributed by atoms with Gasteiger partial charge >= 0.3 is 0 Å². The summed E-state index contributed by atoms with van der Waals surface area (Å²) in [4.78, 5) is 16.0. The van der Waals surface area contributed by atoms with E-state index in [1.165, 1.54) is 16.0 Å². The molecule has 7 heteroatoms. The van der Waals surface area contributed by atoms with Gasteiger partial charge in [0.25, 0.3) is 0 Å². The van der Waals surface area contributed by atoms with Crippen molar-refractivity contribution in [1.29, 1.82) is 0 Å². The molecule has 28 heavy (non-hydrogen) atoms. The number of carbonyl (C=O) groups is 1. The summed E-state index contributed by atoms with van der Waals surface area (Å²) in [7, 11) is 0. The van der Waals surface area contributed by atoms with Gasteiger partial charge in [-0.1, -0.05) is 28.1 Å². The number of piperazine rings is 1. The van der Waals surface area contributed by atoms with Crippen molar-refractivity contribution in [2.75, 3.05) is 38.7 Å². The Morgan fingerprint density at radius 2 is 1.75 bits per heavy atom. The fraction of sp³-hybridized carbons (Fsp3) is 0.381. The van der Waals surface area contributed by atoms with Crippen LogP contribution in [-0.4, -0.2) is 49.5 Å². The van der Waals surface area contributed by atoms with Gasteiger partial charge in [-0.25, -0.2) is 0 Å². The molecule has 0 spiro atoms. The number of ether oxygens (including phenoxy) is 2. The summed E-state index contributed by atoms with van der Waals surface area (Å²) < 4.78 is 11.9. The number of nitrogens with zero attached hydrogens (tertiary/aromatic N) is 1. The maximum atomic E-state index is 12.5. The lowest BCUT2D eigenvalue weighted by Gasteiger charge is -2.32. The van der Waals surface area contributed by atoms with Crippen molar-refractivity contribution >= 4 is 33.6 Å². The second-order valence-electron chi connectivity index (χ2n) is 7.11. The minimum absolute atomic E-state index is 0.254. The molecule has 0 bridgehead atoms. The number of thioether (sulfide) groups is 1. The SMILES string of the molecule is O=C(CSCc1ccc(Br)cc1)N1CC[NH+](Cc2ccc3c(c2)OCO3)CC1. The molecule has 2 aliphatic heterocycles. The predicted molar refractivity (Wildman–Crippen MR) is 114 cm³/mol. The van der Waals surface area contributed by atoms with Gasteiger partial charge in [-0.05, 0) is 35.9 Å². The summed E-state index contributed by atoms with van der Waals surface area (Å²) in [5.41, 5.74) is 2.50. The average Bonchev–Trinajstić information content (AvgIpc) is 3.18. The van der Waals surface area contributed by atoms with Crippen LogP contribution in [0, 0.1) is 0 Å². The number of quaternary nitrogens is 1. The Hall–Kier alpha value is -1.70. The van der Waals surface area contributed by atoms with E-state index in [1.54, 1.807) is 11.8 Å². The van der Waals surface area contributed by atoms with Crippen molar-refractivity contribution in [3.8, 4) is 11.5 Å². The number of benzene rings is 2. The Labute approximate surface area is 178 Å². The Kier molecular flexibility index (Phi) is 6.44. The summed E-state index contributed by atoms with van der Waals surface area (Å²) in [6.07, 6.45) is 0. The molecule has 0 atom stereocenters. The van der Waals surface area contributed by atoms with Crippen LogP contribution in [0.1, 0.15) is 11.1 Å². The van der Waals surface area contributed by atoms with Gasteiger partial charge in [-0.3, -0.25) is 4.79 Å². The molecule has 1 amide bonds. The van der Waals surface area contributed by atoms with Crippen molar-refractivity contribution in [1.82, 2.24) is 4.90 Å². The monoisotopic (exact) mass is 463 g/mol. The fourth-order valence-electron chi connectivity index (χ4n) is 3.52. The van der Waals surface area contributed by atoms with Gasteiger partial charge in [0, 0.05) is 15.8 Å². The molecule has 0 radical (unpaired) electrons. The highest BCUT2D eigenvalue weighted by Gasteiger charge is 2.24. The van der Waals surface area contributed by atoms with Crippen LogP contribution in [0.25, 0.3) is 0 Å². The van der Waals surface area contributed by atoms with E-state index < -0.39 is 0 Å². The van der Waals surface area contributed by atoms with Crippen LogP contribution in [-0.2, 0) is 17.1 Å². The zero-order chi connectivity index (χ0) is 19.3. The highest BCUT2D eigenvalue weighted by Crippen LogP contribution is 2.32. The Bertz CT molecular complexity index is 823. The van der Waals surface area contributed by atoms with E-state index in [2.05, 4.69) is 40.2 Å². The summed E-state index contributed by atoms with van der Waals surface area (Å²) in [6, 6.07) is 14.4. The highest BCUT2D eigenvalue weighted by atomic mass is 79.9. The first-order valence-electron chi connectivity index (χ1n) is 9.49.